The van der Waals surface area contributed by atoms with E-state index in [1.165, 1.54) is 0 Å². The van der Waals surface area contributed by atoms with Crippen molar-refractivity contribution in [3.05, 3.63) is 23.8 Å². The van der Waals surface area contributed by atoms with Gasteiger partial charge in [0.25, 0.3) is 5.91 Å². The SMILES string of the molecule is CCOc1ccc(C(=O)NC(C)CC(C)Cl)cc1OCC. The number of amides is 1. The van der Waals surface area contributed by atoms with Gasteiger partial charge < -0.3 is 14.8 Å². The molecule has 0 aliphatic rings. The van der Waals surface area contributed by atoms with Crippen LogP contribution in [-0.2, 0) is 0 Å². The van der Waals surface area contributed by atoms with Crippen LogP contribution >= 0.6 is 11.6 Å². The zero-order valence-corrected chi connectivity index (χ0v) is 13.9. The van der Waals surface area contributed by atoms with E-state index in [-0.39, 0.29) is 17.3 Å². The predicted octanol–water partition coefficient (Wildman–Crippen LogP) is 3.62. The van der Waals surface area contributed by atoms with Crippen LogP contribution in [0.4, 0.5) is 0 Å². The number of carbonyl (C=O) groups excluding carboxylic acids is 1. The third-order valence-electron chi connectivity index (χ3n) is 2.86. The van der Waals surface area contributed by atoms with Crippen molar-refractivity contribution in [1.29, 1.82) is 0 Å². The van der Waals surface area contributed by atoms with Gasteiger partial charge in [-0.05, 0) is 52.3 Å². The van der Waals surface area contributed by atoms with Gasteiger partial charge >= 0.3 is 0 Å². The molecule has 0 heterocycles. The maximum absolute atomic E-state index is 12.2. The van der Waals surface area contributed by atoms with Crippen molar-refractivity contribution in [3.63, 3.8) is 0 Å². The maximum atomic E-state index is 12.2. The Balaban J connectivity index is 2.82. The first-order chi connectivity index (χ1) is 9.97. The molecule has 2 unspecified atom stereocenters. The van der Waals surface area contributed by atoms with Crippen molar-refractivity contribution in [1.82, 2.24) is 5.32 Å². The van der Waals surface area contributed by atoms with Crippen molar-refractivity contribution in [3.8, 4) is 11.5 Å². The molecule has 5 heteroatoms. The fourth-order valence-electron chi connectivity index (χ4n) is 2.05. The summed E-state index contributed by atoms with van der Waals surface area (Å²) in [6, 6.07) is 5.23. The highest BCUT2D eigenvalue weighted by molar-refractivity contribution is 6.20. The normalized spacial score (nSPS) is 13.4. The zero-order chi connectivity index (χ0) is 15.8. The lowest BCUT2D eigenvalue weighted by atomic mass is 10.1. The number of carbonyl (C=O) groups is 1. The van der Waals surface area contributed by atoms with Gasteiger partial charge in [-0.3, -0.25) is 4.79 Å². The Labute approximate surface area is 131 Å². The molecule has 1 rings (SSSR count). The van der Waals surface area contributed by atoms with Gasteiger partial charge in [0.05, 0.1) is 13.2 Å². The van der Waals surface area contributed by atoms with Gasteiger partial charge in [0.15, 0.2) is 11.5 Å². The van der Waals surface area contributed by atoms with E-state index in [2.05, 4.69) is 5.32 Å². The molecule has 1 amide bonds. The molecular weight excluding hydrogens is 290 g/mol. The molecule has 1 aromatic carbocycles. The minimum Gasteiger partial charge on any atom is -0.490 e. The number of alkyl halides is 1. The number of halogens is 1. The molecule has 0 saturated carbocycles. The first-order valence-corrected chi connectivity index (χ1v) is 7.76. The summed E-state index contributed by atoms with van der Waals surface area (Å²) < 4.78 is 11.0. The third-order valence-corrected chi connectivity index (χ3v) is 3.04. The second kappa shape index (κ2) is 8.78. The van der Waals surface area contributed by atoms with Crippen molar-refractivity contribution in [2.45, 2.75) is 45.5 Å². The lowest BCUT2D eigenvalue weighted by molar-refractivity contribution is 0.0938. The monoisotopic (exact) mass is 313 g/mol. The lowest BCUT2D eigenvalue weighted by Gasteiger charge is -2.16. The fraction of sp³-hybridized carbons (Fsp3) is 0.562. The molecule has 4 nitrogen and oxygen atoms in total. The van der Waals surface area contributed by atoms with Crippen molar-refractivity contribution < 1.29 is 14.3 Å². The first-order valence-electron chi connectivity index (χ1n) is 7.32. The summed E-state index contributed by atoms with van der Waals surface area (Å²) in [4.78, 5) is 12.2. The average Bonchev–Trinajstić information content (AvgIpc) is 2.40. The molecule has 0 saturated heterocycles. The number of rotatable bonds is 8. The summed E-state index contributed by atoms with van der Waals surface area (Å²) in [5.74, 6) is 1.10. The van der Waals surface area contributed by atoms with E-state index in [4.69, 9.17) is 21.1 Å². The van der Waals surface area contributed by atoms with Crippen molar-refractivity contribution in [2.24, 2.45) is 0 Å². The van der Waals surface area contributed by atoms with Crippen LogP contribution in [0.1, 0.15) is 44.5 Å². The molecule has 2 atom stereocenters. The minimum absolute atomic E-state index is 0.0205. The van der Waals surface area contributed by atoms with Gasteiger partial charge in [-0.1, -0.05) is 0 Å². The molecule has 0 aliphatic carbocycles. The van der Waals surface area contributed by atoms with Crippen LogP contribution in [0.15, 0.2) is 18.2 Å². The van der Waals surface area contributed by atoms with E-state index in [0.29, 0.717) is 30.3 Å². The standard InChI is InChI=1S/C16H24ClNO3/c1-5-20-14-8-7-13(10-15(14)21-6-2)16(19)18-12(4)9-11(3)17/h7-8,10-12H,5-6,9H2,1-4H3,(H,18,19). The highest BCUT2D eigenvalue weighted by Gasteiger charge is 2.14. The van der Waals surface area contributed by atoms with E-state index < -0.39 is 0 Å². The van der Waals surface area contributed by atoms with Crippen LogP contribution in [0.5, 0.6) is 11.5 Å². The second-order valence-electron chi connectivity index (χ2n) is 4.92. The van der Waals surface area contributed by atoms with E-state index in [0.717, 1.165) is 6.42 Å². The van der Waals surface area contributed by atoms with E-state index in [1.807, 2.05) is 27.7 Å². The predicted molar refractivity (Wildman–Crippen MR) is 85.6 cm³/mol. The summed E-state index contributed by atoms with van der Waals surface area (Å²) in [5, 5.41) is 2.96. The highest BCUT2D eigenvalue weighted by Crippen LogP contribution is 2.28. The van der Waals surface area contributed by atoms with Gasteiger partial charge in [-0.2, -0.15) is 0 Å². The Kier molecular flexibility index (Phi) is 7.37. The van der Waals surface area contributed by atoms with Crippen LogP contribution in [-0.4, -0.2) is 30.5 Å². The Hall–Kier alpha value is -1.42. The Morgan fingerprint density at radius 1 is 1.19 bits per heavy atom. The van der Waals surface area contributed by atoms with Crippen LogP contribution < -0.4 is 14.8 Å². The molecule has 1 aromatic rings. The van der Waals surface area contributed by atoms with Gasteiger partial charge in [-0.25, -0.2) is 0 Å². The largest absolute Gasteiger partial charge is 0.490 e. The van der Waals surface area contributed by atoms with E-state index in [9.17, 15) is 4.79 Å². The highest BCUT2D eigenvalue weighted by atomic mass is 35.5. The van der Waals surface area contributed by atoms with Gasteiger partial charge in [0.2, 0.25) is 0 Å². The Bertz CT molecular complexity index is 463. The van der Waals surface area contributed by atoms with Gasteiger partial charge in [-0.15, -0.1) is 11.6 Å². The third kappa shape index (κ3) is 5.84. The van der Waals surface area contributed by atoms with E-state index in [1.54, 1.807) is 18.2 Å². The number of hydrogen-bond donors (Lipinski definition) is 1. The summed E-state index contributed by atoms with van der Waals surface area (Å²) in [6.07, 6.45) is 0.725. The second-order valence-corrected chi connectivity index (χ2v) is 5.66. The molecule has 1 N–H and O–H groups in total. The van der Waals surface area contributed by atoms with Crippen molar-refractivity contribution in [2.75, 3.05) is 13.2 Å². The Morgan fingerprint density at radius 2 is 1.81 bits per heavy atom. The summed E-state index contributed by atoms with van der Waals surface area (Å²) in [5.41, 5.74) is 0.552. The molecule has 0 fully saturated rings. The smallest absolute Gasteiger partial charge is 0.251 e. The molecule has 118 valence electrons. The number of benzene rings is 1. The molecule has 21 heavy (non-hydrogen) atoms. The van der Waals surface area contributed by atoms with Crippen LogP contribution in [0.2, 0.25) is 0 Å². The van der Waals surface area contributed by atoms with E-state index >= 15 is 0 Å². The maximum Gasteiger partial charge on any atom is 0.251 e. The summed E-state index contributed by atoms with van der Waals surface area (Å²) in [6.45, 7) is 8.72. The molecule has 0 radical (unpaired) electrons. The fourth-order valence-corrected chi connectivity index (χ4v) is 2.31. The molecule has 0 aliphatic heterocycles. The minimum atomic E-state index is -0.135. The topological polar surface area (TPSA) is 47.6 Å². The average molecular weight is 314 g/mol. The molecule has 0 aromatic heterocycles. The molecule has 0 bridgehead atoms. The molecule has 0 spiro atoms. The quantitative estimate of drug-likeness (QED) is 0.746. The first kappa shape index (κ1) is 17.6. The number of ether oxygens (including phenoxy) is 2. The Morgan fingerprint density at radius 3 is 2.38 bits per heavy atom. The van der Waals surface area contributed by atoms with Crippen LogP contribution in [0.25, 0.3) is 0 Å². The van der Waals surface area contributed by atoms with Crippen LogP contribution in [0.3, 0.4) is 0 Å². The van der Waals surface area contributed by atoms with Gasteiger partial charge in [0.1, 0.15) is 0 Å². The summed E-state index contributed by atoms with van der Waals surface area (Å²) >= 11 is 5.94. The zero-order valence-electron chi connectivity index (χ0n) is 13.1. The van der Waals surface area contributed by atoms with Gasteiger partial charge in [0, 0.05) is 17.0 Å². The number of hydrogen-bond acceptors (Lipinski definition) is 3. The van der Waals surface area contributed by atoms with Crippen LogP contribution in [0, 0.1) is 0 Å². The number of nitrogens with one attached hydrogen (secondary N) is 1. The molecular formula is C16H24ClNO3. The summed E-state index contributed by atoms with van der Waals surface area (Å²) in [7, 11) is 0. The van der Waals surface area contributed by atoms with Crippen molar-refractivity contribution >= 4 is 17.5 Å². The lowest BCUT2D eigenvalue weighted by Crippen LogP contribution is -2.33.